The third-order valence-electron chi connectivity index (χ3n) is 4.17. The fraction of sp³-hybridized carbons (Fsp3) is 0.625. The van der Waals surface area contributed by atoms with Gasteiger partial charge in [0.15, 0.2) is 0 Å². The first-order valence-corrected chi connectivity index (χ1v) is 6.98. The molecule has 1 aromatic rings. The summed E-state index contributed by atoms with van der Waals surface area (Å²) in [5, 5.41) is 0. The summed E-state index contributed by atoms with van der Waals surface area (Å²) < 4.78 is 0. The Balaban J connectivity index is 2.14. The van der Waals surface area contributed by atoms with Gasteiger partial charge in [0.2, 0.25) is 0 Å². The predicted octanol–water partition coefficient (Wildman–Crippen LogP) is 3.30. The molecule has 1 fully saturated rings. The van der Waals surface area contributed by atoms with Crippen LogP contribution in [0.4, 0.5) is 5.69 Å². The molecule has 2 rings (SSSR count). The summed E-state index contributed by atoms with van der Waals surface area (Å²) in [6.07, 6.45) is 3.64. The van der Waals surface area contributed by atoms with Gasteiger partial charge in [-0.05, 0) is 42.4 Å². The second kappa shape index (κ2) is 4.93. The van der Waals surface area contributed by atoms with E-state index in [4.69, 9.17) is 5.73 Å². The molecular weight excluding hydrogens is 220 g/mol. The van der Waals surface area contributed by atoms with Crippen LogP contribution in [0.25, 0.3) is 0 Å². The highest BCUT2D eigenvalue weighted by molar-refractivity contribution is 5.49. The Labute approximate surface area is 111 Å². The second-order valence-corrected chi connectivity index (χ2v) is 6.57. The molecule has 100 valence electrons. The zero-order chi connectivity index (χ0) is 13.3. The first-order valence-electron chi connectivity index (χ1n) is 6.98. The maximum Gasteiger partial charge on any atom is 0.0437 e. The largest absolute Gasteiger partial charge is 0.370 e. The molecule has 0 heterocycles. The van der Waals surface area contributed by atoms with E-state index in [2.05, 4.69) is 57.0 Å². The average Bonchev–Trinajstić information content (AvgIpc) is 2.73. The highest BCUT2D eigenvalue weighted by Crippen LogP contribution is 2.28. The summed E-state index contributed by atoms with van der Waals surface area (Å²) in [5.74, 6) is 0. The van der Waals surface area contributed by atoms with Crippen molar-refractivity contribution < 1.29 is 0 Å². The number of likely N-dealkylation sites (N-methyl/N-ethyl adjacent to an activating group) is 1. The minimum atomic E-state index is 0.223. The van der Waals surface area contributed by atoms with Crippen LogP contribution in [-0.2, 0) is 5.41 Å². The van der Waals surface area contributed by atoms with E-state index in [1.54, 1.807) is 0 Å². The van der Waals surface area contributed by atoms with Gasteiger partial charge in [-0.15, -0.1) is 0 Å². The topological polar surface area (TPSA) is 29.3 Å². The molecule has 2 unspecified atom stereocenters. The molecule has 0 amide bonds. The van der Waals surface area contributed by atoms with E-state index >= 15 is 0 Å². The van der Waals surface area contributed by atoms with Gasteiger partial charge in [-0.25, -0.2) is 0 Å². The average molecular weight is 246 g/mol. The van der Waals surface area contributed by atoms with Crippen molar-refractivity contribution in [1.29, 1.82) is 0 Å². The quantitative estimate of drug-likeness (QED) is 0.867. The van der Waals surface area contributed by atoms with Gasteiger partial charge in [-0.1, -0.05) is 32.9 Å². The number of hydrogen-bond donors (Lipinski definition) is 1. The molecule has 0 spiro atoms. The van der Waals surface area contributed by atoms with Crippen LogP contribution < -0.4 is 10.6 Å². The summed E-state index contributed by atoms with van der Waals surface area (Å²) >= 11 is 0. The summed E-state index contributed by atoms with van der Waals surface area (Å²) in [6, 6.07) is 9.78. The second-order valence-electron chi connectivity index (χ2n) is 6.57. The van der Waals surface area contributed by atoms with E-state index < -0.39 is 0 Å². The van der Waals surface area contributed by atoms with Gasteiger partial charge in [0.1, 0.15) is 0 Å². The molecule has 1 aromatic carbocycles. The van der Waals surface area contributed by atoms with Crippen LogP contribution in [-0.4, -0.2) is 19.1 Å². The van der Waals surface area contributed by atoms with E-state index in [0.29, 0.717) is 12.1 Å². The highest BCUT2D eigenvalue weighted by atomic mass is 15.2. The smallest absolute Gasteiger partial charge is 0.0437 e. The summed E-state index contributed by atoms with van der Waals surface area (Å²) in [4.78, 5) is 2.35. The fourth-order valence-corrected chi connectivity index (χ4v) is 2.84. The van der Waals surface area contributed by atoms with Gasteiger partial charge in [-0.3, -0.25) is 0 Å². The molecule has 2 N–H and O–H groups in total. The lowest BCUT2D eigenvalue weighted by Crippen LogP contribution is -2.42. The van der Waals surface area contributed by atoms with Crippen LogP contribution in [0, 0.1) is 0 Å². The van der Waals surface area contributed by atoms with Crippen LogP contribution in [0.2, 0.25) is 0 Å². The van der Waals surface area contributed by atoms with Crippen LogP contribution in [0.15, 0.2) is 24.3 Å². The van der Waals surface area contributed by atoms with Crippen LogP contribution in [0.1, 0.15) is 45.6 Å². The summed E-state index contributed by atoms with van der Waals surface area (Å²) in [6.45, 7) is 6.75. The molecule has 2 atom stereocenters. The maximum atomic E-state index is 6.17. The Bertz CT molecular complexity index is 389. The Morgan fingerprint density at radius 2 is 1.72 bits per heavy atom. The van der Waals surface area contributed by atoms with Crippen LogP contribution in [0.5, 0.6) is 0 Å². The zero-order valence-electron chi connectivity index (χ0n) is 12.1. The van der Waals surface area contributed by atoms with Gasteiger partial charge >= 0.3 is 0 Å². The Morgan fingerprint density at radius 3 is 2.17 bits per heavy atom. The molecular formula is C16H26N2. The normalized spacial score (nSPS) is 24.3. The number of hydrogen-bond acceptors (Lipinski definition) is 2. The third-order valence-corrected chi connectivity index (χ3v) is 4.17. The number of benzene rings is 1. The number of anilines is 1. The van der Waals surface area contributed by atoms with Crippen molar-refractivity contribution in [2.45, 2.75) is 57.5 Å². The van der Waals surface area contributed by atoms with Crippen molar-refractivity contribution in [1.82, 2.24) is 0 Å². The predicted molar refractivity (Wildman–Crippen MR) is 79.2 cm³/mol. The van der Waals surface area contributed by atoms with Gasteiger partial charge in [0.05, 0.1) is 0 Å². The molecule has 0 aromatic heterocycles. The van der Waals surface area contributed by atoms with Gasteiger partial charge < -0.3 is 10.6 Å². The lowest BCUT2D eigenvalue weighted by atomic mass is 9.87. The molecule has 0 aliphatic heterocycles. The van der Waals surface area contributed by atoms with Gasteiger partial charge in [0.25, 0.3) is 0 Å². The lowest BCUT2D eigenvalue weighted by molar-refractivity contribution is 0.571. The summed E-state index contributed by atoms with van der Waals surface area (Å²) in [5.41, 5.74) is 9.07. The van der Waals surface area contributed by atoms with Crippen molar-refractivity contribution in [3.8, 4) is 0 Å². The van der Waals surface area contributed by atoms with Crippen LogP contribution >= 0.6 is 0 Å². The first kappa shape index (κ1) is 13.4. The molecule has 1 aliphatic rings. The van der Waals surface area contributed by atoms with Crippen molar-refractivity contribution >= 4 is 5.69 Å². The molecule has 2 nitrogen and oxygen atoms in total. The van der Waals surface area contributed by atoms with E-state index in [9.17, 15) is 0 Å². The number of nitrogens with two attached hydrogens (primary N) is 1. The van der Waals surface area contributed by atoms with E-state index in [-0.39, 0.29) is 5.41 Å². The lowest BCUT2D eigenvalue weighted by Gasteiger charge is -2.30. The Hall–Kier alpha value is -1.02. The molecule has 0 saturated heterocycles. The van der Waals surface area contributed by atoms with Crippen molar-refractivity contribution in [2.24, 2.45) is 5.73 Å². The van der Waals surface area contributed by atoms with E-state index in [1.165, 1.54) is 24.1 Å². The minimum Gasteiger partial charge on any atom is -0.370 e. The molecule has 2 heteroatoms. The van der Waals surface area contributed by atoms with Crippen molar-refractivity contribution in [2.75, 3.05) is 11.9 Å². The zero-order valence-corrected chi connectivity index (χ0v) is 12.1. The first-order chi connectivity index (χ1) is 8.39. The van der Waals surface area contributed by atoms with Crippen molar-refractivity contribution in [3.05, 3.63) is 29.8 Å². The fourth-order valence-electron chi connectivity index (χ4n) is 2.84. The maximum absolute atomic E-state index is 6.17. The minimum absolute atomic E-state index is 0.223. The van der Waals surface area contributed by atoms with Crippen molar-refractivity contribution in [3.63, 3.8) is 0 Å². The molecule has 18 heavy (non-hydrogen) atoms. The highest BCUT2D eigenvalue weighted by Gasteiger charge is 2.27. The monoisotopic (exact) mass is 246 g/mol. The number of nitrogens with zero attached hydrogens (tertiary/aromatic N) is 1. The molecule has 1 aliphatic carbocycles. The SMILES string of the molecule is CN(c1ccc(C(C)(C)C)cc1)C1CCCC1N. The Kier molecular flexibility index (Phi) is 3.67. The summed E-state index contributed by atoms with van der Waals surface area (Å²) in [7, 11) is 2.17. The molecule has 1 saturated carbocycles. The van der Waals surface area contributed by atoms with E-state index in [1.807, 2.05) is 0 Å². The van der Waals surface area contributed by atoms with Gasteiger partial charge in [0, 0.05) is 24.8 Å². The molecule has 0 bridgehead atoms. The Morgan fingerprint density at radius 1 is 1.11 bits per heavy atom. The number of rotatable bonds is 2. The van der Waals surface area contributed by atoms with Crippen LogP contribution in [0.3, 0.4) is 0 Å². The molecule has 0 radical (unpaired) electrons. The standard InChI is InChI=1S/C16H26N2/c1-16(2,3)12-8-10-13(11-9-12)18(4)15-7-5-6-14(15)17/h8-11,14-15H,5-7,17H2,1-4H3. The van der Waals surface area contributed by atoms with E-state index in [0.717, 1.165) is 6.42 Å². The third kappa shape index (κ3) is 2.69. The van der Waals surface area contributed by atoms with Gasteiger partial charge in [-0.2, -0.15) is 0 Å².